The quantitative estimate of drug-likeness (QED) is 0.663. The van der Waals surface area contributed by atoms with Crippen molar-refractivity contribution < 1.29 is 18.1 Å². The van der Waals surface area contributed by atoms with E-state index in [0.29, 0.717) is 39.3 Å². The van der Waals surface area contributed by atoms with Crippen LogP contribution in [0.5, 0.6) is 0 Å². The Morgan fingerprint density at radius 2 is 1.62 bits per heavy atom. The molecular formula is C22H30N3O3S+. The van der Waals surface area contributed by atoms with E-state index in [1.165, 1.54) is 5.56 Å². The van der Waals surface area contributed by atoms with Crippen LogP contribution in [0.3, 0.4) is 0 Å². The van der Waals surface area contributed by atoms with Crippen molar-refractivity contribution in [3.8, 4) is 0 Å². The number of benzene rings is 2. The zero-order valence-electron chi connectivity index (χ0n) is 16.9. The number of hydrogen-bond donors (Lipinski definition) is 2. The van der Waals surface area contributed by atoms with Crippen molar-refractivity contribution in [2.45, 2.75) is 18.6 Å². The van der Waals surface area contributed by atoms with Gasteiger partial charge in [0.2, 0.25) is 10.0 Å². The number of carbonyl (C=O) groups is 1. The van der Waals surface area contributed by atoms with Crippen LogP contribution in [0.4, 0.5) is 0 Å². The Hall–Kier alpha value is -2.22. The molecule has 3 rings (SSSR count). The minimum atomic E-state index is -3.32. The summed E-state index contributed by atoms with van der Waals surface area (Å²) in [6.45, 7) is 5.29. The van der Waals surface area contributed by atoms with Crippen molar-refractivity contribution in [3.05, 3.63) is 71.8 Å². The lowest BCUT2D eigenvalue weighted by molar-refractivity contribution is -0.895. The van der Waals surface area contributed by atoms with Gasteiger partial charge in [-0.25, -0.2) is 8.42 Å². The second-order valence-electron chi connectivity index (χ2n) is 7.68. The normalized spacial score (nSPS) is 17.0. The van der Waals surface area contributed by atoms with Gasteiger partial charge in [0.25, 0.3) is 5.91 Å². The summed E-state index contributed by atoms with van der Waals surface area (Å²) in [7, 11) is -3.32. The van der Waals surface area contributed by atoms with Crippen molar-refractivity contribution >= 4 is 15.9 Å². The molecule has 1 aliphatic rings. The van der Waals surface area contributed by atoms with Gasteiger partial charge in [0.15, 0.2) is 6.54 Å². The lowest BCUT2D eigenvalue weighted by Crippen LogP contribution is -3.15. The number of nitrogens with one attached hydrogen (secondary N) is 2. The molecule has 29 heavy (non-hydrogen) atoms. The van der Waals surface area contributed by atoms with Gasteiger partial charge >= 0.3 is 0 Å². The third-order valence-electron chi connectivity index (χ3n) is 5.40. The van der Waals surface area contributed by atoms with E-state index in [1.807, 2.05) is 48.5 Å². The van der Waals surface area contributed by atoms with Gasteiger partial charge in [-0.3, -0.25) is 4.79 Å². The zero-order chi connectivity index (χ0) is 20.7. The van der Waals surface area contributed by atoms with Crippen LogP contribution < -0.4 is 10.2 Å². The number of nitrogens with zero attached hydrogens (tertiary/aromatic N) is 1. The molecule has 1 fully saturated rings. The molecule has 0 bridgehead atoms. The van der Waals surface area contributed by atoms with E-state index in [2.05, 4.69) is 24.4 Å². The fourth-order valence-electron chi connectivity index (χ4n) is 3.59. The summed E-state index contributed by atoms with van der Waals surface area (Å²) in [6.07, 6.45) is 0. The maximum Gasteiger partial charge on any atom is 0.275 e. The first-order chi connectivity index (χ1) is 13.9. The van der Waals surface area contributed by atoms with E-state index in [4.69, 9.17) is 0 Å². The van der Waals surface area contributed by atoms with Crippen molar-refractivity contribution in [1.29, 1.82) is 0 Å². The average molecular weight is 417 g/mol. The Balaban J connectivity index is 1.41. The Kier molecular flexibility index (Phi) is 7.41. The Morgan fingerprint density at radius 1 is 1.03 bits per heavy atom. The highest BCUT2D eigenvalue weighted by atomic mass is 32.2. The number of sulfonamides is 1. The summed E-state index contributed by atoms with van der Waals surface area (Å²) in [6, 6.07) is 19.4. The second kappa shape index (κ2) is 10.0. The van der Waals surface area contributed by atoms with E-state index >= 15 is 0 Å². The van der Waals surface area contributed by atoms with E-state index in [0.717, 1.165) is 10.5 Å². The fourth-order valence-corrected chi connectivity index (χ4v) is 5.12. The number of carbonyl (C=O) groups excluding carboxylic acids is 1. The molecule has 1 aliphatic heterocycles. The van der Waals surface area contributed by atoms with Crippen LogP contribution in [0.25, 0.3) is 0 Å². The third kappa shape index (κ3) is 6.39. The van der Waals surface area contributed by atoms with Crippen molar-refractivity contribution in [2.24, 2.45) is 0 Å². The molecule has 0 unspecified atom stereocenters. The molecule has 2 N–H and O–H groups in total. The number of piperazine rings is 1. The van der Waals surface area contributed by atoms with Crippen LogP contribution in [0, 0.1) is 0 Å². The molecule has 0 aliphatic carbocycles. The molecule has 1 atom stereocenters. The minimum absolute atomic E-state index is 0.0170. The maximum absolute atomic E-state index is 12.6. The summed E-state index contributed by atoms with van der Waals surface area (Å²) in [5, 5.41) is 3.01. The van der Waals surface area contributed by atoms with E-state index in [9.17, 15) is 13.2 Å². The predicted molar refractivity (Wildman–Crippen MR) is 114 cm³/mol. The first kappa shape index (κ1) is 21.5. The predicted octanol–water partition coefficient (Wildman–Crippen LogP) is 0.637. The molecule has 1 saturated heterocycles. The van der Waals surface area contributed by atoms with Crippen LogP contribution in [0.1, 0.15) is 24.0 Å². The van der Waals surface area contributed by atoms with Crippen LogP contribution >= 0.6 is 0 Å². The van der Waals surface area contributed by atoms with Gasteiger partial charge in [0.05, 0.1) is 31.9 Å². The van der Waals surface area contributed by atoms with Crippen LogP contribution in [0.2, 0.25) is 0 Å². The Labute approximate surface area is 173 Å². The molecule has 2 aromatic rings. The number of amides is 1. The average Bonchev–Trinajstić information content (AvgIpc) is 2.73. The molecular weight excluding hydrogens is 386 g/mol. The summed E-state index contributed by atoms with van der Waals surface area (Å²) >= 11 is 0. The van der Waals surface area contributed by atoms with E-state index in [-0.39, 0.29) is 17.6 Å². The summed E-state index contributed by atoms with van der Waals surface area (Å²) < 4.78 is 26.8. The molecule has 0 radical (unpaired) electrons. The maximum atomic E-state index is 12.6. The van der Waals surface area contributed by atoms with Crippen LogP contribution in [-0.2, 0) is 20.6 Å². The smallest absolute Gasteiger partial charge is 0.275 e. The van der Waals surface area contributed by atoms with E-state index in [1.54, 1.807) is 4.31 Å². The molecule has 1 amide bonds. The van der Waals surface area contributed by atoms with Crippen molar-refractivity contribution in [1.82, 2.24) is 9.62 Å². The largest absolute Gasteiger partial charge is 0.351 e. The van der Waals surface area contributed by atoms with Gasteiger partial charge in [-0.2, -0.15) is 4.31 Å². The Morgan fingerprint density at radius 3 is 2.24 bits per heavy atom. The highest BCUT2D eigenvalue weighted by molar-refractivity contribution is 7.88. The fraction of sp³-hybridized carbons (Fsp3) is 0.409. The van der Waals surface area contributed by atoms with Gasteiger partial charge in [-0.1, -0.05) is 67.6 Å². The molecule has 0 saturated carbocycles. The lowest BCUT2D eigenvalue weighted by atomic mass is 10.0. The molecule has 0 spiro atoms. The van der Waals surface area contributed by atoms with Crippen LogP contribution in [0.15, 0.2) is 60.7 Å². The standard InChI is InChI=1S/C22H29N3O3S/c1-19(21-10-6-3-7-11-21)16-23-22(26)17-24-12-14-25(15-13-24)29(27,28)18-20-8-4-2-5-9-20/h2-11,19H,12-18H2,1H3,(H,23,26)/p+1/t19-/m1/s1. The molecule has 1 heterocycles. The minimum Gasteiger partial charge on any atom is -0.351 e. The molecule has 2 aromatic carbocycles. The zero-order valence-corrected chi connectivity index (χ0v) is 17.7. The van der Waals surface area contributed by atoms with Crippen LogP contribution in [-0.4, -0.2) is 57.9 Å². The Bertz CT molecular complexity index is 880. The second-order valence-corrected chi connectivity index (χ2v) is 9.65. The molecule has 0 aromatic heterocycles. The first-order valence-electron chi connectivity index (χ1n) is 10.1. The van der Waals surface area contributed by atoms with E-state index < -0.39 is 10.0 Å². The first-order valence-corrected chi connectivity index (χ1v) is 11.7. The van der Waals surface area contributed by atoms with Gasteiger partial charge in [-0.05, 0) is 17.0 Å². The number of hydrogen-bond acceptors (Lipinski definition) is 3. The number of quaternary nitrogens is 1. The molecule has 156 valence electrons. The number of rotatable bonds is 8. The summed E-state index contributed by atoms with van der Waals surface area (Å²) in [5.74, 6) is 0.305. The van der Waals surface area contributed by atoms with Crippen molar-refractivity contribution in [2.75, 3.05) is 39.3 Å². The topological polar surface area (TPSA) is 70.9 Å². The third-order valence-corrected chi connectivity index (χ3v) is 7.25. The van der Waals surface area contributed by atoms with Gasteiger partial charge in [-0.15, -0.1) is 0 Å². The van der Waals surface area contributed by atoms with Gasteiger partial charge < -0.3 is 10.2 Å². The van der Waals surface area contributed by atoms with Gasteiger partial charge in [0, 0.05) is 6.54 Å². The lowest BCUT2D eigenvalue weighted by Gasteiger charge is -2.31. The highest BCUT2D eigenvalue weighted by Gasteiger charge is 2.30. The van der Waals surface area contributed by atoms with Gasteiger partial charge in [0.1, 0.15) is 0 Å². The highest BCUT2D eigenvalue weighted by Crippen LogP contribution is 2.13. The molecule has 6 nitrogen and oxygen atoms in total. The monoisotopic (exact) mass is 416 g/mol. The van der Waals surface area contributed by atoms with Crippen molar-refractivity contribution in [3.63, 3.8) is 0 Å². The summed E-state index contributed by atoms with van der Waals surface area (Å²) in [4.78, 5) is 13.4. The molecule has 7 heteroatoms. The SMILES string of the molecule is C[C@H](CNC(=O)C[NH+]1CCN(S(=O)(=O)Cc2ccccc2)CC1)c1ccccc1. The summed E-state index contributed by atoms with van der Waals surface area (Å²) in [5.41, 5.74) is 2.01.